The van der Waals surface area contributed by atoms with Crippen molar-refractivity contribution in [2.45, 2.75) is 70.6 Å². The lowest BCUT2D eigenvalue weighted by atomic mass is 9.81. The molecule has 0 aromatic carbocycles. The Bertz CT molecular complexity index is 290. The van der Waals surface area contributed by atoms with E-state index in [0.717, 1.165) is 45.3 Å². The molecule has 0 bridgehead atoms. The maximum atomic E-state index is 9.47. The summed E-state index contributed by atoms with van der Waals surface area (Å²) in [6.45, 7) is 8.40. The fourth-order valence-electron chi connectivity index (χ4n) is 2.66. The quantitative estimate of drug-likeness (QED) is 0.735. The minimum atomic E-state index is -0.385. The fourth-order valence-corrected chi connectivity index (χ4v) is 2.66. The molecule has 4 nitrogen and oxygen atoms in total. The molecule has 0 saturated heterocycles. The molecule has 1 fully saturated rings. The van der Waals surface area contributed by atoms with Crippen molar-refractivity contribution in [3.8, 4) is 6.07 Å². The van der Waals surface area contributed by atoms with Gasteiger partial charge in [-0.15, -0.1) is 0 Å². The van der Waals surface area contributed by atoms with Crippen LogP contribution in [0.3, 0.4) is 0 Å². The van der Waals surface area contributed by atoms with Crippen LogP contribution in [-0.2, 0) is 9.47 Å². The maximum Gasteiger partial charge on any atom is 0.109 e. The molecule has 1 rings (SSSR count). The van der Waals surface area contributed by atoms with Crippen molar-refractivity contribution in [2.75, 3.05) is 19.8 Å². The SMILES string of the molecule is CCCNC1(C#N)CCCC(OC(C)COCC)C1. The molecule has 110 valence electrons. The van der Waals surface area contributed by atoms with Crippen molar-refractivity contribution in [3.63, 3.8) is 0 Å². The van der Waals surface area contributed by atoms with Crippen LogP contribution in [0.5, 0.6) is 0 Å². The van der Waals surface area contributed by atoms with Gasteiger partial charge in [0.25, 0.3) is 0 Å². The number of nitrogens with one attached hydrogen (secondary N) is 1. The van der Waals surface area contributed by atoms with Gasteiger partial charge in [0.15, 0.2) is 0 Å². The third kappa shape index (κ3) is 5.48. The average Bonchev–Trinajstić information content (AvgIpc) is 2.43. The first-order valence-corrected chi connectivity index (χ1v) is 7.55. The first kappa shape index (κ1) is 16.4. The monoisotopic (exact) mass is 268 g/mol. The van der Waals surface area contributed by atoms with E-state index in [-0.39, 0.29) is 17.7 Å². The highest BCUT2D eigenvalue weighted by Gasteiger charge is 2.36. The molecule has 1 aliphatic rings. The number of nitrogens with zero attached hydrogens (tertiary/aromatic N) is 1. The fraction of sp³-hybridized carbons (Fsp3) is 0.933. The van der Waals surface area contributed by atoms with Crippen LogP contribution in [-0.4, -0.2) is 37.5 Å². The highest BCUT2D eigenvalue weighted by molar-refractivity contribution is 5.10. The molecular weight excluding hydrogens is 240 g/mol. The molecule has 0 heterocycles. The molecule has 3 atom stereocenters. The molecule has 0 aromatic rings. The summed E-state index contributed by atoms with van der Waals surface area (Å²) < 4.78 is 11.4. The van der Waals surface area contributed by atoms with E-state index < -0.39 is 0 Å². The van der Waals surface area contributed by atoms with Crippen LogP contribution in [0.25, 0.3) is 0 Å². The summed E-state index contributed by atoms with van der Waals surface area (Å²) in [5.41, 5.74) is -0.385. The van der Waals surface area contributed by atoms with Gasteiger partial charge in [0.05, 0.1) is 24.9 Å². The van der Waals surface area contributed by atoms with Gasteiger partial charge >= 0.3 is 0 Å². The van der Waals surface area contributed by atoms with Crippen LogP contribution >= 0.6 is 0 Å². The summed E-state index contributed by atoms with van der Waals surface area (Å²) in [5, 5.41) is 12.9. The average molecular weight is 268 g/mol. The second-order valence-electron chi connectivity index (χ2n) is 5.45. The van der Waals surface area contributed by atoms with Crippen LogP contribution in [0.1, 0.15) is 52.9 Å². The van der Waals surface area contributed by atoms with E-state index in [9.17, 15) is 5.26 Å². The van der Waals surface area contributed by atoms with Crippen LogP contribution in [0.15, 0.2) is 0 Å². The summed E-state index contributed by atoms with van der Waals surface area (Å²) in [6, 6.07) is 2.48. The van der Waals surface area contributed by atoms with Crippen LogP contribution in [0.2, 0.25) is 0 Å². The first-order chi connectivity index (χ1) is 9.15. The summed E-state index contributed by atoms with van der Waals surface area (Å²) >= 11 is 0. The van der Waals surface area contributed by atoms with Crippen LogP contribution in [0, 0.1) is 11.3 Å². The predicted molar refractivity (Wildman–Crippen MR) is 75.9 cm³/mol. The van der Waals surface area contributed by atoms with Crippen LogP contribution < -0.4 is 5.32 Å². The van der Waals surface area contributed by atoms with Crippen molar-refractivity contribution < 1.29 is 9.47 Å². The predicted octanol–water partition coefficient (Wildman–Crippen LogP) is 2.63. The minimum Gasteiger partial charge on any atom is -0.379 e. The van der Waals surface area contributed by atoms with Gasteiger partial charge in [0, 0.05) is 13.0 Å². The van der Waals surface area contributed by atoms with Gasteiger partial charge in [-0.05, 0) is 46.1 Å². The molecule has 1 N–H and O–H groups in total. The number of ether oxygens (including phenoxy) is 2. The second kappa shape index (κ2) is 8.52. The molecular formula is C15H28N2O2. The Kier molecular flexibility index (Phi) is 7.37. The molecule has 1 saturated carbocycles. The van der Waals surface area contributed by atoms with Gasteiger partial charge in [-0.1, -0.05) is 6.92 Å². The van der Waals surface area contributed by atoms with E-state index in [1.165, 1.54) is 0 Å². The van der Waals surface area contributed by atoms with E-state index in [0.29, 0.717) is 6.61 Å². The third-order valence-corrected chi connectivity index (χ3v) is 3.61. The van der Waals surface area contributed by atoms with Crippen molar-refractivity contribution >= 4 is 0 Å². The van der Waals surface area contributed by atoms with Gasteiger partial charge in [-0.25, -0.2) is 0 Å². The standard InChI is InChI=1S/C15H28N2O2/c1-4-9-17-15(12-16)8-6-7-14(10-15)19-13(3)11-18-5-2/h13-14,17H,4-11H2,1-3H3. The highest BCUT2D eigenvalue weighted by atomic mass is 16.5. The summed E-state index contributed by atoms with van der Waals surface area (Å²) in [6.07, 6.45) is 5.15. The lowest BCUT2D eigenvalue weighted by Gasteiger charge is -2.37. The lowest BCUT2D eigenvalue weighted by Crippen LogP contribution is -2.50. The molecule has 0 amide bonds. The molecule has 19 heavy (non-hydrogen) atoms. The normalized spacial score (nSPS) is 28.8. The van der Waals surface area contributed by atoms with Gasteiger partial charge in [0.2, 0.25) is 0 Å². The molecule has 0 radical (unpaired) electrons. The minimum absolute atomic E-state index is 0.102. The Morgan fingerprint density at radius 1 is 1.47 bits per heavy atom. The second-order valence-corrected chi connectivity index (χ2v) is 5.45. The number of rotatable bonds is 8. The lowest BCUT2D eigenvalue weighted by molar-refractivity contribution is -0.0671. The van der Waals surface area contributed by atoms with Crippen molar-refractivity contribution in [3.05, 3.63) is 0 Å². The van der Waals surface area contributed by atoms with E-state index >= 15 is 0 Å². The molecule has 0 aromatic heterocycles. The smallest absolute Gasteiger partial charge is 0.109 e. The topological polar surface area (TPSA) is 54.3 Å². The van der Waals surface area contributed by atoms with Gasteiger partial charge < -0.3 is 9.47 Å². The van der Waals surface area contributed by atoms with E-state index in [2.05, 4.69) is 18.3 Å². The zero-order valence-electron chi connectivity index (χ0n) is 12.6. The molecule has 4 heteroatoms. The van der Waals surface area contributed by atoms with E-state index in [1.54, 1.807) is 0 Å². The number of hydrogen-bond acceptors (Lipinski definition) is 4. The van der Waals surface area contributed by atoms with Crippen LogP contribution in [0.4, 0.5) is 0 Å². The maximum absolute atomic E-state index is 9.47. The largest absolute Gasteiger partial charge is 0.379 e. The zero-order chi connectivity index (χ0) is 14.1. The van der Waals surface area contributed by atoms with Crippen molar-refractivity contribution in [1.82, 2.24) is 5.32 Å². The molecule has 3 unspecified atom stereocenters. The summed E-state index contributed by atoms with van der Waals surface area (Å²) in [4.78, 5) is 0. The van der Waals surface area contributed by atoms with E-state index in [4.69, 9.17) is 9.47 Å². The Balaban J connectivity index is 2.46. The summed E-state index contributed by atoms with van der Waals surface area (Å²) in [7, 11) is 0. The number of nitriles is 1. The van der Waals surface area contributed by atoms with Gasteiger partial charge in [-0.3, -0.25) is 5.32 Å². The van der Waals surface area contributed by atoms with Crippen molar-refractivity contribution in [1.29, 1.82) is 5.26 Å². The Morgan fingerprint density at radius 3 is 2.89 bits per heavy atom. The molecule has 0 aliphatic heterocycles. The first-order valence-electron chi connectivity index (χ1n) is 7.55. The molecule has 0 spiro atoms. The Hall–Kier alpha value is -0.630. The Morgan fingerprint density at radius 2 is 2.26 bits per heavy atom. The van der Waals surface area contributed by atoms with Gasteiger partial charge in [-0.2, -0.15) is 5.26 Å². The summed E-state index contributed by atoms with van der Waals surface area (Å²) in [5.74, 6) is 0. The van der Waals surface area contributed by atoms with Crippen molar-refractivity contribution in [2.24, 2.45) is 0 Å². The highest BCUT2D eigenvalue weighted by Crippen LogP contribution is 2.30. The zero-order valence-corrected chi connectivity index (χ0v) is 12.6. The number of hydrogen-bond donors (Lipinski definition) is 1. The molecule has 1 aliphatic carbocycles. The third-order valence-electron chi connectivity index (χ3n) is 3.61. The van der Waals surface area contributed by atoms with E-state index in [1.807, 2.05) is 13.8 Å². The Labute approximate surface area is 117 Å². The van der Waals surface area contributed by atoms with Gasteiger partial charge in [0.1, 0.15) is 5.54 Å².